The van der Waals surface area contributed by atoms with E-state index in [4.69, 9.17) is 9.47 Å². The van der Waals surface area contributed by atoms with Crippen LogP contribution in [0.15, 0.2) is 59.9 Å². The lowest BCUT2D eigenvalue weighted by molar-refractivity contribution is 0.0685. The molecule has 1 N–H and O–H groups in total. The van der Waals surface area contributed by atoms with Crippen LogP contribution >= 0.6 is 0 Å². The van der Waals surface area contributed by atoms with E-state index < -0.39 is 0 Å². The second kappa shape index (κ2) is 9.07. The third-order valence-corrected chi connectivity index (χ3v) is 6.11. The summed E-state index contributed by atoms with van der Waals surface area (Å²) in [5.74, 6) is 1.60. The lowest BCUT2D eigenvalue weighted by Crippen LogP contribution is -2.29. The fourth-order valence-corrected chi connectivity index (χ4v) is 4.38. The highest BCUT2D eigenvalue weighted by Crippen LogP contribution is 2.32. The van der Waals surface area contributed by atoms with E-state index in [0.29, 0.717) is 30.7 Å². The van der Waals surface area contributed by atoms with E-state index >= 15 is 0 Å². The minimum absolute atomic E-state index is 0.0199. The summed E-state index contributed by atoms with van der Waals surface area (Å²) in [5, 5.41) is 0.602. The minimum atomic E-state index is -0.0199. The molecular formula is C25H27N5O3. The molecule has 0 aliphatic carbocycles. The molecule has 0 spiro atoms. The van der Waals surface area contributed by atoms with Gasteiger partial charge in [0.2, 0.25) is 0 Å². The van der Waals surface area contributed by atoms with Crippen LogP contribution in [0.3, 0.4) is 0 Å². The van der Waals surface area contributed by atoms with Gasteiger partial charge in [-0.15, -0.1) is 0 Å². The second-order valence-electron chi connectivity index (χ2n) is 8.33. The SMILES string of the molecule is COc1cc(C)cc(N(Cc2ncc[nH]2)c2ccc3ncn(C4CCOCC4)c(=O)c3c2)c1. The van der Waals surface area contributed by atoms with E-state index in [1.807, 2.05) is 37.3 Å². The third-order valence-electron chi connectivity index (χ3n) is 6.11. The van der Waals surface area contributed by atoms with Crippen molar-refractivity contribution in [3.05, 3.63) is 76.9 Å². The number of imidazole rings is 1. The summed E-state index contributed by atoms with van der Waals surface area (Å²) in [4.78, 5) is 27.7. The molecule has 1 aliphatic rings. The molecule has 0 saturated carbocycles. The van der Waals surface area contributed by atoms with Crippen molar-refractivity contribution in [3.8, 4) is 5.75 Å². The number of fused-ring (bicyclic) bond motifs is 1. The van der Waals surface area contributed by atoms with Crippen molar-refractivity contribution in [2.75, 3.05) is 25.2 Å². The lowest BCUT2D eigenvalue weighted by atomic mass is 10.1. The number of ether oxygens (including phenoxy) is 2. The van der Waals surface area contributed by atoms with Crippen LogP contribution in [0.5, 0.6) is 5.75 Å². The Morgan fingerprint density at radius 3 is 2.76 bits per heavy atom. The van der Waals surface area contributed by atoms with E-state index in [2.05, 4.69) is 25.9 Å². The quantitative estimate of drug-likeness (QED) is 0.480. The summed E-state index contributed by atoms with van der Waals surface area (Å²) >= 11 is 0. The highest BCUT2D eigenvalue weighted by atomic mass is 16.5. The number of H-pyrrole nitrogens is 1. The van der Waals surface area contributed by atoms with Crippen LogP contribution in [-0.2, 0) is 11.3 Å². The van der Waals surface area contributed by atoms with Gasteiger partial charge in [-0.05, 0) is 55.7 Å². The van der Waals surface area contributed by atoms with Gasteiger partial charge in [-0.2, -0.15) is 0 Å². The van der Waals surface area contributed by atoms with Gasteiger partial charge in [-0.25, -0.2) is 9.97 Å². The van der Waals surface area contributed by atoms with Crippen LogP contribution in [0.2, 0.25) is 0 Å². The minimum Gasteiger partial charge on any atom is -0.497 e. The molecule has 4 aromatic rings. The zero-order valence-electron chi connectivity index (χ0n) is 18.8. The molecule has 2 aromatic heterocycles. The molecule has 3 heterocycles. The van der Waals surface area contributed by atoms with Crippen LogP contribution in [0.25, 0.3) is 10.9 Å². The van der Waals surface area contributed by atoms with Gasteiger partial charge in [0, 0.05) is 49.1 Å². The van der Waals surface area contributed by atoms with Crippen LogP contribution in [-0.4, -0.2) is 39.8 Å². The number of benzene rings is 2. The predicted molar refractivity (Wildman–Crippen MR) is 127 cm³/mol. The molecule has 8 heteroatoms. The van der Waals surface area contributed by atoms with Crippen molar-refractivity contribution >= 4 is 22.3 Å². The Morgan fingerprint density at radius 2 is 2.00 bits per heavy atom. The maximum absolute atomic E-state index is 13.4. The summed E-state index contributed by atoms with van der Waals surface area (Å²) in [6.07, 6.45) is 6.86. The average molecular weight is 446 g/mol. The number of aryl methyl sites for hydroxylation is 1. The Morgan fingerprint density at radius 1 is 1.15 bits per heavy atom. The van der Waals surface area contributed by atoms with Gasteiger partial charge in [0.15, 0.2) is 0 Å². The standard InChI is InChI=1S/C25H27N5O3/c1-17-11-20(13-21(12-17)32-2)29(15-24-26-7-8-27-24)19-3-4-23-22(14-19)25(31)30(16-28-23)18-5-9-33-10-6-18/h3-4,7-8,11-14,16,18H,5-6,9-10,15H2,1-2H3,(H,26,27). The molecule has 8 nitrogen and oxygen atoms in total. The maximum atomic E-state index is 13.4. The molecule has 2 aromatic carbocycles. The summed E-state index contributed by atoms with van der Waals surface area (Å²) in [6.45, 7) is 3.89. The van der Waals surface area contributed by atoms with E-state index in [0.717, 1.165) is 41.4 Å². The van der Waals surface area contributed by atoms with E-state index in [9.17, 15) is 4.79 Å². The Hall–Kier alpha value is -3.65. The molecule has 0 atom stereocenters. The number of hydrogen-bond donors (Lipinski definition) is 1. The summed E-state index contributed by atoms with van der Waals surface area (Å²) in [7, 11) is 1.66. The first-order valence-corrected chi connectivity index (χ1v) is 11.1. The normalized spacial score (nSPS) is 14.5. The molecule has 0 unspecified atom stereocenters. The Kier molecular flexibility index (Phi) is 5.83. The molecular weight excluding hydrogens is 418 g/mol. The number of hydrogen-bond acceptors (Lipinski definition) is 6. The van der Waals surface area contributed by atoms with Crippen molar-refractivity contribution < 1.29 is 9.47 Å². The summed E-state index contributed by atoms with van der Waals surface area (Å²) in [6, 6.07) is 12.0. The molecule has 0 bridgehead atoms. The Labute approximate surface area is 191 Å². The Bertz CT molecular complexity index is 1310. The van der Waals surface area contributed by atoms with E-state index in [1.54, 1.807) is 30.4 Å². The number of aromatic amines is 1. The topological polar surface area (TPSA) is 85.3 Å². The van der Waals surface area contributed by atoms with Crippen molar-refractivity contribution in [2.24, 2.45) is 0 Å². The number of anilines is 2. The zero-order valence-corrected chi connectivity index (χ0v) is 18.8. The maximum Gasteiger partial charge on any atom is 0.261 e. The molecule has 5 rings (SSSR count). The van der Waals surface area contributed by atoms with Crippen LogP contribution in [0.4, 0.5) is 11.4 Å². The van der Waals surface area contributed by atoms with Gasteiger partial charge < -0.3 is 19.4 Å². The summed E-state index contributed by atoms with van der Waals surface area (Å²) in [5.41, 5.74) is 3.59. The van der Waals surface area contributed by atoms with Gasteiger partial charge >= 0.3 is 0 Å². The molecule has 1 saturated heterocycles. The van der Waals surface area contributed by atoms with Crippen molar-refractivity contribution in [1.29, 1.82) is 0 Å². The van der Waals surface area contributed by atoms with E-state index in [1.165, 1.54) is 0 Å². The van der Waals surface area contributed by atoms with E-state index in [-0.39, 0.29) is 11.6 Å². The molecule has 0 radical (unpaired) electrons. The van der Waals surface area contributed by atoms with Crippen molar-refractivity contribution in [2.45, 2.75) is 32.4 Å². The molecule has 33 heavy (non-hydrogen) atoms. The average Bonchev–Trinajstić information content (AvgIpc) is 3.36. The third kappa shape index (κ3) is 4.34. The molecule has 170 valence electrons. The predicted octanol–water partition coefficient (Wildman–Crippen LogP) is 4.13. The van der Waals surface area contributed by atoms with Gasteiger partial charge in [-0.1, -0.05) is 0 Å². The monoisotopic (exact) mass is 445 g/mol. The first kappa shape index (κ1) is 21.2. The molecule has 1 fully saturated rings. The fraction of sp³-hybridized carbons (Fsp3) is 0.320. The fourth-order valence-electron chi connectivity index (χ4n) is 4.38. The second-order valence-corrected chi connectivity index (χ2v) is 8.33. The van der Waals surface area contributed by atoms with Crippen molar-refractivity contribution in [1.82, 2.24) is 19.5 Å². The number of nitrogens with one attached hydrogen (secondary N) is 1. The lowest BCUT2D eigenvalue weighted by Gasteiger charge is -2.26. The number of rotatable bonds is 6. The van der Waals surface area contributed by atoms with Crippen LogP contribution in [0, 0.1) is 6.92 Å². The summed E-state index contributed by atoms with van der Waals surface area (Å²) < 4.78 is 12.7. The highest BCUT2D eigenvalue weighted by molar-refractivity contribution is 5.83. The first-order valence-electron chi connectivity index (χ1n) is 11.1. The number of methoxy groups -OCH3 is 1. The van der Waals surface area contributed by atoms with Crippen LogP contribution < -0.4 is 15.2 Å². The van der Waals surface area contributed by atoms with Gasteiger partial charge in [-0.3, -0.25) is 9.36 Å². The largest absolute Gasteiger partial charge is 0.497 e. The highest BCUT2D eigenvalue weighted by Gasteiger charge is 2.19. The number of nitrogens with zero attached hydrogens (tertiary/aromatic N) is 4. The first-order chi connectivity index (χ1) is 16.1. The Balaban J connectivity index is 1.61. The van der Waals surface area contributed by atoms with Crippen molar-refractivity contribution in [3.63, 3.8) is 0 Å². The zero-order chi connectivity index (χ0) is 22.8. The van der Waals surface area contributed by atoms with Crippen LogP contribution in [0.1, 0.15) is 30.3 Å². The van der Waals surface area contributed by atoms with Gasteiger partial charge in [0.25, 0.3) is 5.56 Å². The van der Waals surface area contributed by atoms with Gasteiger partial charge in [0.1, 0.15) is 11.6 Å². The van der Waals surface area contributed by atoms with Gasteiger partial charge in [0.05, 0.1) is 30.9 Å². The smallest absolute Gasteiger partial charge is 0.261 e. The number of aromatic nitrogens is 4. The molecule has 0 amide bonds. The molecule has 1 aliphatic heterocycles.